The average Bonchev–Trinajstić information content (AvgIpc) is 2.56. The standard InChI is InChI=1S/C18H20F2N2O/c19-16-9-8-15(13-17(16)20)21-12-10-18(23)22-11-4-7-14-5-2-1-3-6-14/h1-3,5-6,8-9,13,21H,4,7,10-12H2,(H,22,23). The Morgan fingerprint density at radius 1 is 0.957 bits per heavy atom. The number of carbonyl (C=O) groups is 1. The van der Waals surface area contributed by atoms with Crippen molar-refractivity contribution in [2.75, 3.05) is 18.4 Å². The molecule has 0 aliphatic heterocycles. The van der Waals surface area contributed by atoms with Gasteiger partial charge in [0.25, 0.3) is 0 Å². The fourth-order valence-corrected chi connectivity index (χ4v) is 2.18. The first kappa shape index (κ1) is 16.9. The number of carbonyl (C=O) groups excluding carboxylic acids is 1. The normalized spacial score (nSPS) is 10.3. The van der Waals surface area contributed by atoms with E-state index in [0.29, 0.717) is 18.8 Å². The van der Waals surface area contributed by atoms with E-state index in [1.807, 2.05) is 18.2 Å². The van der Waals surface area contributed by atoms with Crippen LogP contribution in [0.3, 0.4) is 0 Å². The number of amides is 1. The van der Waals surface area contributed by atoms with Crippen molar-refractivity contribution in [1.82, 2.24) is 5.32 Å². The zero-order valence-corrected chi connectivity index (χ0v) is 12.8. The fourth-order valence-electron chi connectivity index (χ4n) is 2.18. The Morgan fingerprint density at radius 2 is 1.74 bits per heavy atom. The maximum Gasteiger partial charge on any atom is 0.221 e. The minimum absolute atomic E-state index is 0.0619. The topological polar surface area (TPSA) is 41.1 Å². The second kappa shape index (κ2) is 8.88. The molecule has 0 aliphatic carbocycles. The highest BCUT2D eigenvalue weighted by atomic mass is 19.2. The maximum absolute atomic E-state index is 13.0. The van der Waals surface area contributed by atoms with E-state index in [9.17, 15) is 13.6 Å². The molecule has 122 valence electrons. The van der Waals surface area contributed by atoms with Crippen molar-refractivity contribution < 1.29 is 13.6 Å². The number of aryl methyl sites for hydroxylation is 1. The summed E-state index contributed by atoms with van der Waals surface area (Å²) in [7, 11) is 0. The Balaban J connectivity index is 1.59. The van der Waals surface area contributed by atoms with Crippen LogP contribution in [-0.2, 0) is 11.2 Å². The molecule has 0 atom stereocenters. The molecule has 0 heterocycles. The largest absolute Gasteiger partial charge is 0.384 e. The first-order valence-electron chi connectivity index (χ1n) is 7.65. The van der Waals surface area contributed by atoms with Crippen molar-refractivity contribution in [2.45, 2.75) is 19.3 Å². The average molecular weight is 318 g/mol. The smallest absolute Gasteiger partial charge is 0.221 e. The number of halogens is 2. The lowest BCUT2D eigenvalue weighted by molar-refractivity contribution is -0.120. The molecule has 2 rings (SSSR count). The van der Waals surface area contributed by atoms with Gasteiger partial charge in [-0.3, -0.25) is 4.79 Å². The quantitative estimate of drug-likeness (QED) is 0.731. The molecule has 2 aromatic rings. The van der Waals surface area contributed by atoms with Gasteiger partial charge in [0.2, 0.25) is 5.91 Å². The third-order valence-electron chi connectivity index (χ3n) is 3.41. The third kappa shape index (κ3) is 6.06. The molecular weight excluding hydrogens is 298 g/mol. The molecule has 0 saturated carbocycles. The van der Waals surface area contributed by atoms with Gasteiger partial charge >= 0.3 is 0 Å². The number of anilines is 1. The van der Waals surface area contributed by atoms with Gasteiger partial charge in [-0.15, -0.1) is 0 Å². The Kier molecular flexibility index (Phi) is 6.54. The fraction of sp³-hybridized carbons (Fsp3) is 0.278. The molecule has 0 bridgehead atoms. The molecule has 1 amide bonds. The molecular formula is C18H20F2N2O. The monoisotopic (exact) mass is 318 g/mol. The number of rotatable bonds is 8. The minimum Gasteiger partial charge on any atom is -0.384 e. The van der Waals surface area contributed by atoms with E-state index in [2.05, 4.69) is 22.8 Å². The van der Waals surface area contributed by atoms with Crippen LogP contribution < -0.4 is 10.6 Å². The molecule has 0 unspecified atom stereocenters. The summed E-state index contributed by atoms with van der Waals surface area (Å²) in [5.41, 5.74) is 1.71. The summed E-state index contributed by atoms with van der Waals surface area (Å²) in [6, 6.07) is 13.7. The van der Waals surface area contributed by atoms with E-state index < -0.39 is 11.6 Å². The summed E-state index contributed by atoms with van der Waals surface area (Å²) in [6.45, 7) is 0.995. The molecule has 0 aromatic heterocycles. The van der Waals surface area contributed by atoms with Crippen LogP contribution in [0.5, 0.6) is 0 Å². The molecule has 0 spiro atoms. The lowest BCUT2D eigenvalue weighted by atomic mass is 10.1. The van der Waals surface area contributed by atoms with Gasteiger partial charge in [-0.2, -0.15) is 0 Å². The van der Waals surface area contributed by atoms with Crippen molar-refractivity contribution in [2.24, 2.45) is 0 Å². The first-order valence-corrected chi connectivity index (χ1v) is 7.65. The van der Waals surface area contributed by atoms with Crippen LogP contribution in [0.25, 0.3) is 0 Å². The van der Waals surface area contributed by atoms with Gasteiger partial charge < -0.3 is 10.6 Å². The van der Waals surface area contributed by atoms with Crippen LogP contribution >= 0.6 is 0 Å². The number of hydrogen-bond donors (Lipinski definition) is 2. The molecule has 0 saturated heterocycles. The van der Waals surface area contributed by atoms with Gasteiger partial charge in [0.15, 0.2) is 11.6 Å². The van der Waals surface area contributed by atoms with Crippen molar-refractivity contribution in [1.29, 1.82) is 0 Å². The van der Waals surface area contributed by atoms with E-state index in [1.54, 1.807) is 0 Å². The van der Waals surface area contributed by atoms with Gasteiger partial charge in [-0.05, 0) is 36.6 Å². The van der Waals surface area contributed by atoms with E-state index in [4.69, 9.17) is 0 Å². The minimum atomic E-state index is -0.902. The molecule has 0 aliphatic rings. The first-order chi connectivity index (χ1) is 11.1. The Morgan fingerprint density at radius 3 is 2.48 bits per heavy atom. The molecule has 2 aromatic carbocycles. The molecule has 23 heavy (non-hydrogen) atoms. The van der Waals surface area contributed by atoms with Crippen molar-refractivity contribution in [3.05, 3.63) is 65.7 Å². The summed E-state index contributed by atoms with van der Waals surface area (Å²) in [5.74, 6) is -1.85. The summed E-state index contributed by atoms with van der Waals surface area (Å²) < 4.78 is 25.8. The summed E-state index contributed by atoms with van der Waals surface area (Å²) >= 11 is 0. The molecule has 2 N–H and O–H groups in total. The lowest BCUT2D eigenvalue weighted by Crippen LogP contribution is -2.26. The second-order valence-corrected chi connectivity index (χ2v) is 5.24. The van der Waals surface area contributed by atoms with Gasteiger partial charge in [0, 0.05) is 25.2 Å². The zero-order valence-electron chi connectivity index (χ0n) is 12.8. The SMILES string of the molecule is O=C(CCNc1ccc(F)c(F)c1)NCCCc1ccccc1. The van der Waals surface area contributed by atoms with Crippen LogP contribution in [0.2, 0.25) is 0 Å². The van der Waals surface area contributed by atoms with Crippen LogP contribution in [0.15, 0.2) is 48.5 Å². The molecule has 0 fully saturated rings. The van der Waals surface area contributed by atoms with E-state index in [1.165, 1.54) is 11.6 Å². The summed E-state index contributed by atoms with van der Waals surface area (Å²) in [5, 5.41) is 5.74. The van der Waals surface area contributed by atoms with Crippen molar-refractivity contribution in [3.63, 3.8) is 0 Å². The van der Waals surface area contributed by atoms with Gasteiger partial charge in [0.05, 0.1) is 0 Å². The van der Waals surface area contributed by atoms with E-state index in [-0.39, 0.29) is 12.3 Å². The Labute approximate surface area is 134 Å². The molecule has 5 heteroatoms. The van der Waals surface area contributed by atoms with Gasteiger partial charge in [-0.25, -0.2) is 8.78 Å². The van der Waals surface area contributed by atoms with E-state index in [0.717, 1.165) is 25.0 Å². The van der Waals surface area contributed by atoms with E-state index >= 15 is 0 Å². The second-order valence-electron chi connectivity index (χ2n) is 5.24. The van der Waals surface area contributed by atoms with Crippen molar-refractivity contribution >= 4 is 11.6 Å². The highest BCUT2D eigenvalue weighted by Crippen LogP contribution is 2.12. The highest BCUT2D eigenvalue weighted by molar-refractivity contribution is 5.76. The van der Waals surface area contributed by atoms with Gasteiger partial charge in [-0.1, -0.05) is 30.3 Å². The van der Waals surface area contributed by atoms with Crippen LogP contribution in [0.4, 0.5) is 14.5 Å². The Bertz CT molecular complexity index is 632. The molecule has 3 nitrogen and oxygen atoms in total. The van der Waals surface area contributed by atoms with Crippen molar-refractivity contribution in [3.8, 4) is 0 Å². The van der Waals surface area contributed by atoms with Crippen LogP contribution in [-0.4, -0.2) is 19.0 Å². The maximum atomic E-state index is 13.0. The van der Waals surface area contributed by atoms with Gasteiger partial charge in [0.1, 0.15) is 0 Å². The highest BCUT2D eigenvalue weighted by Gasteiger charge is 2.04. The number of benzene rings is 2. The zero-order chi connectivity index (χ0) is 16.5. The number of hydrogen-bond acceptors (Lipinski definition) is 2. The summed E-state index contributed by atoms with van der Waals surface area (Å²) in [6.07, 6.45) is 2.09. The number of nitrogens with one attached hydrogen (secondary N) is 2. The third-order valence-corrected chi connectivity index (χ3v) is 3.41. The lowest BCUT2D eigenvalue weighted by Gasteiger charge is -2.08. The Hall–Kier alpha value is -2.43. The molecule has 0 radical (unpaired) electrons. The van der Waals surface area contributed by atoms with Crippen LogP contribution in [0.1, 0.15) is 18.4 Å². The predicted molar refractivity (Wildman–Crippen MR) is 87.2 cm³/mol. The van der Waals surface area contributed by atoms with Crippen LogP contribution in [0, 0.1) is 11.6 Å². The summed E-state index contributed by atoms with van der Waals surface area (Å²) in [4.78, 5) is 11.7. The predicted octanol–water partition coefficient (Wildman–Crippen LogP) is 3.52.